The van der Waals surface area contributed by atoms with E-state index in [1.54, 1.807) is 11.1 Å². The zero-order chi connectivity index (χ0) is 18.7. The maximum atomic E-state index is 13.0. The van der Waals surface area contributed by atoms with Crippen LogP contribution in [-0.2, 0) is 16.1 Å². The van der Waals surface area contributed by atoms with Crippen LogP contribution in [0.4, 0.5) is 4.79 Å². The monoisotopic (exact) mass is 375 g/mol. The Morgan fingerprint density at radius 3 is 2.96 bits per heavy atom. The topological polar surface area (TPSA) is 79.7 Å². The molecule has 1 atom stereocenters. The average molecular weight is 375 g/mol. The van der Waals surface area contributed by atoms with E-state index in [1.807, 2.05) is 21.8 Å². The van der Waals surface area contributed by atoms with Gasteiger partial charge in [-0.15, -0.1) is 0 Å². The number of nitrogens with one attached hydrogen (secondary N) is 1. The van der Waals surface area contributed by atoms with Gasteiger partial charge in [0.25, 0.3) is 0 Å². The Morgan fingerprint density at radius 2 is 2.19 bits per heavy atom. The van der Waals surface area contributed by atoms with Gasteiger partial charge in [0.2, 0.25) is 5.91 Å². The molecule has 1 aromatic rings. The maximum Gasteiger partial charge on any atom is 0.410 e. The van der Waals surface area contributed by atoms with Crippen LogP contribution in [0.25, 0.3) is 0 Å². The van der Waals surface area contributed by atoms with Gasteiger partial charge < -0.3 is 15.0 Å². The minimum absolute atomic E-state index is 0.0445. The second-order valence-electron chi connectivity index (χ2n) is 7.95. The van der Waals surface area contributed by atoms with Gasteiger partial charge >= 0.3 is 6.09 Å². The number of aryl methyl sites for hydroxylation is 1. The van der Waals surface area contributed by atoms with E-state index in [0.29, 0.717) is 6.54 Å². The van der Waals surface area contributed by atoms with Crippen molar-refractivity contribution >= 4 is 12.0 Å². The van der Waals surface area contributed by atoms with Crippen molar-refractivity contribution < 1.29 is 14.3 Å². The summed E-state index contributed by atoms with van der Waals surface area (Å²) in [5.41, 5.74) is -0.399. The number of likely N-dealkylation sites (tertiary alicyclic amines) is 1. The van der Waals surface area contributed by atoms with Crippen molar-refractivity contribution in [1.82, 2.24) is 24.9 Å². The highest BCUT2D eigenvalue weighted by molar-refractivity contribution is 5.83. The van der Waals surface area contributed by atoms with E-state index in [4.69, 9.17) is 4.74 Å². The lowest BCUT2D eigenvalue weighted by molar-refractivity contribution is -0.135. The fourth-order valence-corrected chi connectivity index (χ4v) is 4.55. The molecule has 148 valence electrons. The van der Waals surface area contributed by atoms with E-state index in [1.165, 1.54) is 0 Å². The highest BCUT2D eigenvalue weighted by Crippen LogP contribution is 2.31. The van der Waals surface area contributed by atoms with Crippen LogP contribution in [0.5, 0.6) is 0 Å². The van der Waals surface area contributed by atoms with Crippen LogP contribution in [-0.4, -0.2) is 75.9 Å². The molecule has 8 nitrogen and oxygen atoms in total. The summed E-state index contributed by atoms with van der Waals surface area (Å²) in [5, 5.41) is 7.55. The third-order valence-electron chi connectivity index (χ3n) is 6.08. The Labute approximate surface area is 159 Å². The van der Waals surface area contributed by atoms with Crippen molar-refractivity contribution in [2.75, 3.05) is 32.7 Å². The largest absolute Gasteiger partial charge is 0.441 e. The molecule has 3 saturated heterocycles. The highest BCUT2D eigenvalue weighted by Gasteiger charge is 2.46. The van der Waals surface area contributed by atoms with E-state index in [-0.39, 0.29) is 24.6 Å². The zero-order valence-corrected chi connectivity index (χ0v) is 15.8. The fourth-order valence-electron chi connectivity index (χ4n) is 4.55. The summed E-state index contributed by atoms with van der Waals surface area (Å²) in [7, 11) is 0. The van der Waals surface area contributed by atoms with Crippen LogP contribution in [0.2, 0.25) is 0 Å². The molecule has 3 fully saturated rings. The number of amides is 2. The summed E-state index contributed by atoms with van der Waals surface area (Å²) in [6.07, 6.45) is 9.13. The molecule has 0 aliphatic carbocycles. The molecule has 4 heterocycles. The molecule has 0 bridgehead atoms. The summed E-state index contributed by atoms with van der Waals surface area (Å²) in [6.45, 7) is 3.97. The van der Waals surface area contributed by atoms with Crippen molar-refractivity contribution in [2.45, 2.75) is 56.7 Å². The quantitative estimate of drug-likeness (QED) is 0.837. The molecule has 3 aliphatic heterocycles. The fraction of sp³-hybridized carbons (Fsp3) is 0.737. The number of aromatic nitrogens is 2. The number of hydrogen-bond donors (Lipinski definition) is 1. The SMILES string of the molecule is O=C1OC2(CCNCC2)CN1CC(=O)N1CCCC[C@@H]1CCn1cccn1. The standard InChI is InChI=1S/C19H29N5O3/c25-17(14-22-15-19(27-18(22)26)6-9-20-10-7-19)24-12-2-1-4-16(24)5-13-23-11-3-8-21-23/h3,8,11,16,20H,1-2,4-7,9-10,12-15H2/t16-/m1/s1. The number of nitrogens with zero attached hydrogens (tertiary/aromatic N) is 4. The van der Waals surface area contributed by atoms with Gasteiger partial charge in [0.1, 0.15) is 12.1 Å². The third-order valence-corrected chi connectivity index (χ3v) is 6.08. The number of carbonyl (C=O) groups is 2. The molecule has 3 aliphatic rings. The first-order valence-corrected chi connectivity index (χ1v) is 10.1. The third kappa shape index (κ3) is 4.10. The molecule has 0 radical (unpaired) electrons. The van der Waals surface area contributed by atoms with Crippen LogP contribution in [0.15, 0.2) is 18.5 Å². The van der Waals surface area contributed by atoms with Crippen molar-refractivity contribution in [3.05, 3.63) is 18.5 Å². The van der Waals surface area contributed by atoms with Gasteiger partial charge in [-0.2, -0.15) is 5.10 Å². The predicted octanol–water partition coefficient (Wildman–Crippen LogP) is 1.23. The van der Waals surface area contributed by atoms with E-state index >= 15 is 0 Å². The van der Waals surface area contributed by atoms with Gasteiger partial charge in [0, 0.05) is 44.4 Å². The summed E-state index contributed by atoms with van der Waals surface area (Å²) in [6, 6.07) is 2.14. The van der Waals surface area contributed by atoms with Gasteiger partial charge in [-0.25, -0.2) is 4.79 Å². The first kappa shape index (κ1) is 18.3. The Hall–Kier alpha value is -2.09. The number of ether oxygens (including phenoxy) is 1. The molecule has 1 aromatic heterocycles. The van der Waals surface area contributed by atoms with Crippen LogP contribution in [0.1, 0.15) is 38.5 Å². The number of carbonyl (C=O) groups excluding carboxylic acids is 2. The average Bonchev–Trinajstić information content (AvgIpc) is 3.29. The Kier molecular flexibility index (Phi) is 5.33. The van der Waals surface area contributed by atoms with Crippen molar-refractivity contribution in [1.29, 1.82) is 0 Å². The van der Waals surface area contributed by atoms with Crippen LogP contribution in [0, 0.1) is 0 Å². The number of piperidine rings is 2. The Bertz CT molecular complexity index is 656. The smallest absolute Gasteiger partial charge is 0.410 e. The highest BCUT2D eigenvalue weighted by atomic mass is 16.6. The molecule has 4 rings (SSSR count). The zero-order valence-electron chi connectivity index (χ0n) is 15.8. The van der Waals surface area contributed by atoms with Gasteiger partial charge in [-0.3, -0.25) is 14.4 Å². The molecule has 2 amide bonds. The van der Waals surface area contributed by atoms with Crippen molar-refractivity contribution in [2.24, 2.45) is 0 Å². The first-order valence-electron chi connectivity index (χ1n) is 10.1. The molecule has 1 spiro atoms. The summed E-state index contributed by atoms with van der Waals surface area (Å²) >= 11 is 0. The van der Waals surface area contributed by atoms with Crippen molar-refractivity contribution in [3.63, 3.8) is 0 Å². The molecule has 0 saturated carbocycles. The van der Waals surface area contributed by atoms with E-state index in [2.05, 4.69) is 10.4 Å². The minimum atomic E-state index is -0.399. The summed E-state index contributed by atoms with van der Waals surface area (Å²) in [5.74, 6) is 0.0445. The molecular weight excluding hydrogens is 346 g/mol. The van der Waals surface area contributed by atoms with Gasteiger partial charge in [-0.05, 0) is 44.8 Å². The molecule has 8 heteroatoms. The number of rotatable bonds is 5. The van der Waals surface area contributed by atoms with E-state index in [9.17, 15) is 9.59 Å². The van der Waals surface area contributed by atoms with Crippen LogP contribution >= 0.6 is 0 Å². The second-order valence-corrected chi connectivity index (χ2v) is 7.95. The van der Waals surface area contributed by atoms with Crippen LogP contribution in [0.3, 0.4) is 0 Å². The molecule has 1 N–H and O–H groups in total. The van der Waals surface area contributed by atoms with Crippen molar-refractivity contribution in [3.8, 4) is 0 Å². The maximum absolute atomic E-state index is 13.0. The van der Waals surface area contributed by atoms with Gasteiger partial charge in [-0.1, -0.05) is 0 Å². The lowest BCUT2D eigenvalue weighted by atomic mass is 9.92. The second kappa shape index (κ2) is 7.88. The number of hydrogen-bond acceptors (Lipinski definition) is 5. The van der Waals surface area contributed by atoms with E-state index < -0.39 is 5.60 Å². The predicted molar refractivity (Wildman–Crippen MR) is 99.1 cm³/mol. The lowest BCUT2D eigenvalue weighted by Crippen LogP contribution is -2.49. The minimum Gasteiger partial charge on any atom is -0.441 e. The molecular formula is C19H29N5O3. The summed E-state index contributed by atoms with van der Waals surface area (Å²) < 4.78 is 7.59. The van der Waals surface area contributed by atoms with Gasteiger partial charge in [0.15, 0.2) is 0 Å². The summed E-state index contributed by atoms with van der Waals surface area (Å²) in [4.78, 5) is 28.9. The Morgan fingerprint density at radius 1 is 1.33 bits per heavy atom. The Balaban J connectivity index is 1.35. The molecule has 27 heavy (non-hydrogen) atoms. The molecule has 0 aromatic carbocycles. The van der Waals surface area contributed by atoms with Crippen LogP contribution < -0.4 is 5.32 Å². The first-order chi connectivity index (χ1) is 13.2. The van der Waals surface area contributed by atoms with E-state index in [0.717, 1.165) is 64.7 Å². The lowest BCUT2D eigenvalue weighted by Gasteiger charge is -2.36. The normalized spacial score (nSPS) is 25.0. The van der Waals surface area contributed by atoms with Gasteiger partial charge in [0.05, 0.1) is 6.54 Å². The molecule has 0 unspecified atom stereocenters.